The van der Waals surface area contributed by atoms with E-state index in [1.807, 2.05) is 36.4 Å². The van der Waals surface area contributed by atoms with Crippen LogP contribution in [0, 0.1) is 11.8 Å². The zero-order valence-corrected chi connectivity index (χ0v) is 16.2. The zero-order chi connectivity index (χ0) is 18.9. The number of hydrogen-bond acceptors (Lipinski definition) is 4. The van der Waals surface area contributed by atoms with Crippen LogP contribution in [0.15, 0.2) is 48.5 Å². The van der Waals surface area contributed by atoms with Gasteiger partial charge in [0, 0.05) is 31.1 Å². The lowest BCUT2D eigenvalue weighted by Crippen LogP contribution is -2.43. The SMILES string of the molecule is COc1ccc(CN2C[C@@H]3CCC[C@@](O)(c4ccccc4OC)[C@H]3C2)cc1. The fourth-order valence-electron chi connectivity index (χ4n) is 5.07. The molecule has 1 saturated heterocycles. The van der Waals surface area contributed by atoms with E-state index in [1.54, 1.807) is 14.2 Å². The molecular formula is C23H29NO3. The molecule has 4 rings (SSSR count). The van der Waals surface area contributed by atoms with E-state index >= 15 is 0 Å². The number of nitrogens with zero attached hydrogens (tertiary/aromatic N) is 1. The Kier molecular flexibility index (Phi) is 5.11. The molecule has 4 nitrogen and oxygen atoms in total. The molecule has 0 aromatic heterocycles. The molecule has 2 aromatic rings. The third-order valence-electron chi connectivity index (χ3n) is 6.40. The zero-order valence-electron chi connectivity index (χ0n) is 16.2. The summed E-state index contributed by atoms with van der Waals surface area (Å²) in [4.78, 5) is 2.49. The second-order valence-electron chi connectivity index (χ2n) is 7.93. The van der Waals surface area contributed by atoms with E-state index in [-0.39, 0.29) is 5.92 Å². The predicted molar refractivity (Wildman–Crippen MR) is 106 cm³/mol. The Hall–Kier alpha value is -2.04. The van der Waals surface area contributed by atoms with Crippen LogP contribution in [0.5, 0.6) is 11.5 Å². The van der Waals surface area contributed by atoms with E-state index in [2.05, 4.69) is 17.0 Å². The van der Waals surface area contributed by atoms with Crippen molar-refractivity contribution >= 4 is 0 Å². The first-order valence-corrected chi connectivity index (χ1v) is 9.85. The Morgan fingerprint density at radius 2 is 1.81 bits per heavy atom. The number of likely N-dealkylation sites (tertiary alicyclic amines) is 1. The number of hydrogen-bond donors (Lipinski definition) is 1. The minimum atomic E-state index is -0.801. The smallest absolute Gasteiger partial charge is 0.124 e. The molecule has 2 fully saturated rings. The lowest BCUT2D eigenvalue weighted by Gasteiger charge is -2.42. The van der Waals surface area contributed by atoms with Crippen molar-refractivity contribution in [3.8, 4) is 11.5 Å². The summed E-state index contributed by atoms with van der Waals surface area (Å²) in [5.74, 6) is 2.47. The number of fused-ring (bicyclic) bond motifs is 1. The number of benzene rings is 2. The third-order valence-corrected chi connectivity index (χ3v) is 6.40. The highest BCUT2D eigenvalue weighted by atomic mass is 16.5. The summed E-state index contributed by atoms with van der Waals surface area (Å²) in [6.07, 6.45) is 3.07. The number of ether oxygens (including phenoxy) is 2. The van der Waals surface area contributed by atoms with E-state index < -0.39 is 5.60 Å². The van der Waals surface area contributed by atoms with E-state index in [1.165, 1.54) is 12.0 Å². The molecule has 144 valence electrons. The summed E-state index contributed by atoms with van der Waals surface area (Å²) in [6.45, 7) is 2.89. The first-order valence-electron chi connectivity index (χ1n) is 9.85. The van der Waals surface area contributed by atoms with Crippen molar-refractivity contribution in [2.45, 2.75) is 31.4 Å². The molecule has 1 aliphatic heterocycles. The molecule has 0 spiro atoms. The van der Waals surface area contributed by atoms with Crippen molar-refractivity contribution in [1.29, 1.82) is 0 Å². The lowest BCUT2D eigenvalue weighted by molar-refractivity contribution is -0.0662. The molecule has 1 aliphatic carbocycles. The molecule has 0 bridgehead atoms. The Morgan fingerprint density at radius 1 is 1.04 bits per heavy atom. The maximum absolute atomic E-state index is 11.8. The first kappa shape index (κ1) is 18.3. The molecule has 0 radical (unpaired) electrons. The molecule has 27 heavy (non-hydrogen) atoms. The van der Waals surface area contributed by atoms with Gasteiger partial charge in [0.1, 0.15) is 11.5 Å². The van der Waals surface area contributed by atoms with Gasteiger partial charge in [0.15, 0.2) is 0 Å². The van der Waals surface area contributed by atoms with Gasteiger partial charge in [0.2, 0.25) is 0 Å². The van der Waals surface area contributed by atoms with Crippen molar-refractivity contribution in [1.82, 2.24) is 4.90 Å². The van der Waals surface area contributed by atoms with Gasteiger partial charge < -0.3 is 14.6 Å². The second-order valence-corrected chi connectivity index (χ2v) is 7.93. The van der Waals surface area contributed by atoms with Crippen LogP contribution in [-0.2, 0) is 12.1 Å². The molecule has 2 aromatic carbocycles. The van der Waals surface area contributed by atoms with Crippen LogP contribution in [0.4, 0.5) is 0 Å². The van der Waals surface area contributed by atoms with Gasteiger partial charge >= 0.3 is 0 Å². The van der Waals surface area contributed by atoms with E-state index in [4.69, 9.17) is 9.47 Å². The van der Waals surface area contributed by atoms with Crippen molar-refractivity contribution in [3.63, 3.8) is 0 Å². The summed E-state index contributed by atoms with van der Waals surface area (Å²) >= 11 is 0. The molecule has 0 amide bonds. The van der Waals surface area contributed by atoms with Gasteiger partial charge in [-0.2, -0.15) is 0 Å². The summed E-state index contributed by atoms with van der Waals surface area (Å²) in [5.41, 5.74) is 1.44. The summed E-state index contributed by atoms with van der Waals surface area (Å²) < 4.78 is 10.8. The van der Waals surface area contributed by atoms with Gasteiger partial charge in [-0.15, -0.1) is 0 Å². The van der Waals surface area contributed by atoms with Crippen LogP contribution in [0.3, 0.4) is 0 Å². The van der Waals surface area contributed by atoms with Crippen molar-refractivity contribution in [2.75, 3.05) is 27.3 Å². The fourth-order valence-corrected chi connectivity index (χ4v) is 5.07. The summed E-state index contributed by atoms with van der Waals surface area (Å²) in [7, 11) is 3.38. The Bertz CT molecular complexity index is 775. The number of para-hydroxylation sites is 1. The minimum absolute atomic E-state index is 0.251. The number of methoxy groups -OCH3 is 2. The molecule has 2 aliphatic rings. The van der Waals surface area contributed by atoms with Crippen LogP contribution in [0.1, 0.15) is 30.4 Å². The molecule has 4 heteroatoms. The van der Waals surface area contributed by atoms with Crippen molar-refractivity contribution in [3.05, 3.63) is 59.7 Å². The van der Waals surface area contributed by atoms with Crippen LogP contribution in [0.2, 0.25) is 0 Å². The molecule has 0 unspecified atom stereocenters. The Morgan fingerprint density at radius 3 is 2.56 bits per heavy atom. The highest BCUT2D eigenvalue weighted by molar-refractivity contribution is 5.39. The van der Waals surface area contributed by atoms with Crippen LogP contribution in [-0.4, -0.2) is 37.3 Å². The van der Waals surface area contributed by atoms with Crippen LogP contribution in [0.25, 0.3) is 0 Å². The maximum Gasteiger partial charge on any atom is 0.124 e. The minimum Gasteiger partial charge on any atom is -0.497 e. The topological polar surface area (TPSA) is 41.9 Å². The van der Waals surface area contributed by atoms with Gasteiger partial charge in [-0.25, -0.2) is 0 Å². The largest absolute Gasteiger partial charge is 0.497 e. The lowest BCUT2D eigenvalue weighted by atomic mass is 9.67. The molecular weight excluding hydrogens is 338 g/mol. The van der Waals surface area contributed by atoms with Crippen molar-refractivity contribution < 1.29 is 14.6 Å². The quantitative estimate of drug-likeness (QED) is 0.872. The molecule has 1 saturated carbocycles. The first-order chi connectivity index (χ1) is 13.1. The van der Waals surface area contributed by atoms with Gasteiger partial charge in [-0.05, 0) is 48.9 Å². The fraction of sp³-hybridized carbons (Fsp3) is 0.478. The van der Waals surface area contributed by atoms with Crippen LogP contribution < -0.4 is 9.47 Å². The summed E-state index contributed by atoms with van der Waals surface area (Å²) in [6, 6.07) is 16.3. The maximum atomic E-state index is 11.8. The Balaban J connectivity index is 1.54. The Labute approximate surface area is 161 Å². The molecule has 3 atom stereocenters. The van der Waals surface area contributed by atoms with Gasteiger partial charge in [-0.3, -0.25) is 4.90 Å². The van der Waals surface area contributed by atoms with Gasteiger partial charge in [-0.1, -0.05) is 30.3 Å². The monoisotopic (exact) mass is 367 g/mol. The molecule has 1 N–H and O–H groups in total. The molecule has 1 heterocycles. The summed E-state index contributed by atoms with van der Waals surface area (Å²) in [5, 5.41) is 11.8. The average Bonchev–Trinajstić information content (AvgIpc) is 3.13. The highest BCUT2D eigenvalue weighted by Gasteiger charge is 2.50. The normalized spacial score (nSPS) is 28.0. The third kappa shape index (κ3) is 3.44. The average molecular weight is 367 g/mol. The van der Waals surface area contributed by atoms with Crippen molar-refractivity contribution in [2.24, 2.45) is 11.8 Å². The van der Waals surface area contributed by atoms with Crippen LogP contribution >= 0.6 is 0 Å². The second kappa shape index (κ2) is 7.53. The predicted octanol–water partition coefficient (Wildman–Crippen LogP) is 3.82. The van der Waals surface area contributed by atoms with E-state index in [0.29, 0.717) is 5.92 Å². The highest BCUT2D eigenvalue weighted by Crippen LogP contribution is 2.50. The van der Waals surface area contributed by atoms with Gasteiger partial charge in [0.05, 0.1) is 19.8 Å². The van der Waals surface area contributed by atoms with E-state index in [0.717, 1.165) is 49.5 Å². The number of rotatable bonds is 5. The van der Waals surface area contributed by atoms with E-state index in [9.17, 15) is 5.11 Å². The van der Waals surface area contributed by atoms with Gasteiger partial charge in [0.25, 0.3) is 0 Å². The standard InChI is InChI=1S/C23H29NO3/c1-26-19-11-9-17(10-12-19)14-24-15-18-6-5-13-23(25,21(18)16-24)20-7-3-4-8-22(20)27-2/h3-4,7-12,18,21,25H,5-6,13-16H2,1-2H3/t18-,21-,23+/m0/s1. The number of aliphatic hydroxyl groups is 1.